The Balaban J connectivity index is 1.84. The van der Waals surface area contributed by atoms with Crippen LogP contribution in [-0.2, 0) is 10.0 Å². The van der Waals surface area contributed by atoms with E-state index in [0.29, 0.717) is 35.6 Å². The lowest BCUT2D eigenvalue weighted by Gasteiger charge is -2.20. The normalized spacial score (nSPS) is 11.4. The van der Waals surface area contributed by atoms with Crippen molar-refractivity contribution in [1.82, 2.24) is 4.31 Å². The highest BCUT2D eigenvalue weighted by atomic mass is 32.2. The van der Waals surface area contributed by atoms with Crippen molar-refractivity contribution in [3.63, 3.8) is 0 Å². The summed E-state index contributed by atoms with van der Waals surface area (Å²) in [5.41, 5.74) is 2.51. The molecule has 1 aromatic heterocycles. The van der Waals surface area contributed by atoms with Crippen molar-refractivity contribution >= 4 is 33.2 Å². The van der Waals surface area contributed by atoms with E-state index in [1.807, 2.05) is 6.92 Å². The first-order chi connectivity index (χ1) is 15.7. The molecule has 2 amide bonds. The Hall–Kier alpha value is -3.43. The molecule has 0 saturated heterocycles. The van der Waals surface area contributed by atoms with Crippen LogP contribution in [0.1, 0.15) is 45.9 Å². The molecule has 174 valence electrons. The van der Waals surface area contributed by atoms with Crippen LogP contribution in [0.15, 0.2) is 64.1 Å². The van der Waals surface area contributed by atoms with Crippen molar-refractivity contribution in [3.05, 3.63) is 77.2 Å². The predicted octanol–water partition coefficient (Wildman–Crippen LogP) is 4.43. The van der Waals surface area contributed by atoms with Gasteiger partial charge >= 0.3 is 0 Å². The molecule has 3 aromatic rings. The number of hydrogen-bond donors (Lipinski definition) is 2. The standard InChI is InChI=1S/C24H27N3O5S/c1-5-27(6-2)33(30,31)22-15-19(12-10-17(22)4)25-23(28)18-11-9-16(3)20(14-18)26-24(29)21-8-7-13-32-21/h7-15H,5-6H2,1-4H3,(H,25,28)(H,26,29). The molecule has 33 heavy (non-hydrogen) atoms. The minimum Gasteiger partial charge on any atom is -0.459 e. The van der Waals surface area contributed by atoms with Crippen molar-refractivity contribution in [2.45, 2.75) is 32.6 Å². The van der Waals surface area contributed by atoms with Crippen LogP contribution in [0.2, 0.25) is 0 Å². The van der Waals surface area contributed by atoms with Crippen molar-refractivity contribution in [2.24, 2.45) is 0 Å². The largest absolute Gasteiger partial charge is 0.459 e. The summed E-state index contributed by atoms with van der Waals surface area (Å²) in [5.74, 6) is -0.699. The van der Waals surface area contributed by atoms with Gasteiger partial charge in [-0.3, -0.25) is 9.59 Å². The Morgan fingerprint density at radius 3 is 2.24 bits per heavy atom. The summed E-state index contributed by atoms with van der Waals surface area (Å²) >= 11 is 0. The maximum atomic E-state index is 13.0. The van der Waals surface area contributed by atoms with Crippen LogP contribution in [0.5, 0.6) is 0 Å². The lowest BCUT2D eigenvalue weighted by Crippen LogP contribution is -2.31. The molecule has 0 saturated carbocycles. The fourth-order valence-electron chi connectivity index (χ4n) is 3.35. The third-order valence-electron chi connectivity index (χ3n) is 5.26. The first-order valence-corrected chi connectivity index (χ1v) is 12.0. The highest BCUT2D eigenvalue weighted by Crippen LogP contribution is 2.25. The summed E-state index contributed by atoms with van der Waals surface area (Å²) in [6, 6.07) is 12.9. The third-order valence-corrected chi connectivity index (χ3v) is 7.45. The summed E-state index contributed by atoms with van der Waals surface area (Å²) < 4.78 is 32.4. The van der Waals surface area contributed by atoms with Gasteiger partial charge in [0.1, 0.15) is 0 Å². The minimum absolute atomic E-state index is 0.152. The van der Waals surface area contributed by atoms with Gasteiger partial charge in [0.2, 0.25) is 10.0 Å². The molecule has 8 nitrogen and oxygen atoms in total. The fourth-order valence-corrected chi connectivity index (χ4v) is 5.06. The Morgan fingerprint density at radius 2 is 1.61 bits per heavy atom. The van der Waals surface area contributed by atoms with E-state index in [0.717, 1.165) is 5.56 Å². The van der Waals surface area contributed by atoms with E-state index in [4.69, 9.17) is 4.42 Å². The first kappa shape index (κ1) is 24.2. The molecule has 1 heterocycles. The Labute approximate surface area is 193 Å². The summed E-state index contributed by atoms with van der Waals surface area (Å²) in [5, 5.41) is 5.48. The number of anilines is 2. The van der Waals surface area contributed by atoms with Crippen molar-refractivity contribution in [1.29, 1.82) is 0 Å². The molecule has 9 heteroatoms. The number of benzene rings is 2. The molecule has 0 fully saturated rings. The van der Waals surface area contributed by atoms with Crippen LogP contribution in [0.25, 0.3) is 0 Å². The number of nitrogens with zero attached hydrogens (tertiary/aromatic N) is 1. The number of sulfonamides is 1. The summed E-state index contributed by atoms with van der Waals surface area (Å²) in [4.78, 5) is 25.3. The number of nitrogens with one attached hydrogen (secondary N) is 2. The van der Waals surface area contributed by atoms with Gasteiger partial charge in [0, 0.05) is 30.0 Å². The second kappa shape index (κ2) is 10.0. The molecular weight excluding hydrogens is 442 g/mol. The molecule has 0 aliphatic heterocycles. The Morgan fingerprint density at radius 1 is 0.909 bits per heavy atom. The van der Waals surface area contributed by atoms with E-state index in [2.05, 4.69) is 10.6 Å². The Kier molecular flexibility index (Phi) is 7.35. The van der Waals surface area contributed by atoms with Crippen LogP contribution < -0.4 is 10.6 Å². The number of rotatable bonds is 8. The maximum Gasteiger partial charge on any atom is 0.291 e. The molecule has 0 spiro atoms. The molecule has 3 rings (SSSR count). The van der Waals surface area contributed by atoms with Crippen LogP contribution in [0.4, 0.5) is 11.4 Å². The first-order valence-electron chi connectivity index (χ1n) is 10.5. The van der Waals surface area contributed by atoms with Crippen LogP contribution in [0.3, 0.4) is 0 Å². The highest BCUT2D eigenvalue weighted by molar-refractivity contribution is 7.89. The molecule has 2 aromatic carbocycles. The molecule has 0 aliphatic rings. The van der Waals surface area contributed by atoms with Gasteiger partial charge in [0.25, 0.3) is 11.8 Å². The summed E-state index contributed by atoms with van der Waals surface area (Å²) in [6.45, 7) is 7.79. The molecule has 0 aliphatic carbocycles. The molecule has 0 atom stereocenters. The molecule has 0 radical (unpaired) electrons. The predicted molar refractivity (Wildman–Crippen MR) is 127 cm³/mol. The quantitative estimate of drug-likeness (QED) is 0.507. The number of aryl methyl sites for hydroxylation is 2. The van der Waals surface area contributed by atoms with Gasteiger partial charge in [0.05, 0.1) is 11.2 Å². The van der Waals surface area contributed by atoms with Gasteiger partial charge in [-0.25, -0.2) is 8.42 Å². The molecule has 0 bridgehead atoms. The van der Waals surface area contributed by atoms with Crippen LogP contribution in [-0.4, -0.2) is 37.6 Å². The van der Waals surface area contributed by atoms with Gasteiger partial charge in [0.15, 0.2) is 5.76 Å². The van der Waals surface area contributed by atoms with E-state index in [-0.39, 0.29) is 10.7 Å². The minimum atomic E-state index is -3.68. The maximum absolute atomic E-state index is 13.0. The third kappa shape index (κ3) is 5.32. The fraction of sp³-hybridized carbons (Fsp3) is 0.250. The number of carbonyl (C=O) groups is 2. The van der Waals surface area contributed by atoms with Crippen molar-refractivity contribution in [2.75, 3.05) is 23.7 Å². The number of carbonyl (C=O) groups excluding carboxylic acids is 2. The van der Waals surface area contributed by atoms with Crippen molar-refractivity contribution in [3.8, 4) is 0 Å². The average Bonchev–Trinajstić information content (AvgIpc) is 3.32. The van der Waals surface area contributed by atoms with Gasteiger partial charge < -0.3 is 15.1 Å². The van der Waals surface area contributed by atoms with Crippen molar-refractivity contribution < 1.29 is 22.4 Å². The zero-order valence-corrected chi connectivity index (χ0v) is 19.8. The topological polar surface area (TPSA) is 109 Å². The smallest absolute Gasteiger partial charge is 0.291 e. The number of amides is 2. The van der Waals surface area contributed by atoms with Gasteiger partial charge in [-0.1, -0.05) is 26.0 Å². The van der Waals surface area contributed by atoms with Crippen LogP contribution in [0, 0.1) is 13.8 Å². The van der Waals surface area contributed by atoms with E-state index >= 15 is 0 Å². The monoisotopic (exact) mass is 469 g/mol. The number of furan rings is 1. The van der Waals surface area contributed by atoms with E-state index < -0.39 is 21.8 Å². The van der Waals surface area contributed by atoms with E-state index in [9.17, 15) is 18.0 Å². The zero-order valence-electron chi connectivity index (χ0n) is 19.0. The van der Waals surface area contributed by atoms with Gasteiger partial charge in [-0.05, 0) is 61.4 Å². The highest BCUT2D eigenvalue weighted by Gasteiger charge is 2.24. The second-order valence-corrected chi connectivity index (χ2v) is 9.39. The number of hydrogen-bond acceptors (Lipinski definition) is 5. The second-order valence-electron chi connectivity index (χ2n) is 7.48. The van der Waals surface area contributed by atoms with Crippen LogP contribution >= 0.6 is 0 Å². The lowest BCUT2D eigenvalue weighted by atomic mass is 10.1. The summed E-state index contributed by atoms with van der Waals surface area (Å²) in [6.07, 6.45) is 1.40. The molecule has 2 N–H and O–H groups in total. The zero-order chi connectivity index (χ0) is 24.2. The summed E-state index contributed by atoms with van der Waals surface area (Å²) in [7, 11) is -3.68. The Bertz CT molecular complexity index is 1260. The SMILES string of the molecule is CCN(CC)S(=O)(=O)c1cc(NC(=O)c2ccc(C)c(NC(=O)c3ccco3)c2)ccc1C. The van der Waals surface area contributed by atoms with E-state index in [1.54, 1.807) is 63.2 Å². The van der Waals surface area contributed by atoms with Gasteiger partial charge in [-0.2, -0.15) is 4.31 Å². The molecule has 0 unspecified atom stereocenters. The van der Waals surface area contributed by atoms with Gasteiger partial charge in [-0.15, -0.1) is 0 Å². The lowest BCUT2D eigenvalue weighted by molar-refractivity contribution is 0.0993. The van der Waals surface area contributed by atoms with E-state index in [1.165, 1.54) is 16.6 Å². The molecular formula is C24H27N3O5S. The average molecular weight is 470 g/mol.